The van der Waals surface area contributed by atoms with Gasteiger partial charge in [0.1, 0.15) is 0 Å². The van der Waals surface area contributed by atoms with Gasteiger partial charge >= 0.3 is 0 Å². The molecule has 2 aliphatic rings. The van der Waals surface area contributed by atoms with Crippen molar-refractivity contribution in [1.29, 1.82) is 0 Å². The van der Waals surface area contributed by atoms with E-state index in [1.165, 1.54) is 0 Å². The van der Waals surface area contributed by atoms with E-state index < -0.39 is 0 Å². The second kappa shape index (κ2) is 6.35. The Morgan fingerprint density at radius 2 is 2.19 bits per heavy atom. The van der Waals surface area contributed by atoms with Crippen molar-refractivity contribution in [2.45, 2.75) is 32.2 Å². The number of likely N-dealkylation sites (tertiary alicyclic amines) is 1. The van der Waals surface area contributed by atoms with E-state index >= 15 is 0 Å². The molecule has 3 rings (SSSR count). The predicted molar refractivity (Wildman–Crippen MR) is 79.4 cm³/mol. The highest BCUT2D eigenvalue weighted by Gasteiger charge is 2.25. The van der Waals surface area contributed by atoms with Gasteiger partial charge in [-0.05, 0) is 37.1 Å². The van der Waals surface area contributed by atoms with Crippen molar-refractivity contribution in [1.82, 2.24) is 10.2 Å². The molecular formula is C16H22N2O3. The average Bonchev–Trinajstić information content (AvgIpc) is 3.11. The topological polar surface area (TPSA) is 50.8 Å². The van der Waals surface area contributed by atoms with E-state index in [4.69, 9.17) is 9.47 Å². The largest absolute Gasteiger partial charge is 0.454 e. The summed E-state index contributed by atoms with van der Waals surface area (Å²) >= 11 is 0. The lowest BCUT2D eigenvalue weighted by molar-refractivity contribution is -0.128. The zero-order valence-corrected chi connectivity index (χ0v) is 12.4. The molecule has 114 valence electrons. The first-order chi connectivity index (χ1) is 10.3. The second-order valence-corrected chi connectivity index (χ2v) is 5.56. The summed E-state index contributed by atoms with van der Waals surface area (Å²) in [4.78, 5) is 13.8. The molecule has 0 spiro atoms. The summed E-state index contributed by atoms with van der Waals surface area (Å²) in [5, 5.41) is 3.53. The maximum atomic E-state index is 11.9. The number of benzene rings is 1. The molecule has 0 saturated carbocycles. The number of carbonyl (C=O) groups excluding carboxylic acids is 1. The Morgan fingerprint density at radius 1 is 1.33 bits per heavy atom. The first kappa shape index (κ1) is 14.2. The molecule has 5 nitrogen and oxygen atoms in total. The van der Waals surface area contributed by atoms with Gasteiger partial charge in [0, 0.05) is 19.5 Å². The zero-order chi connectivity index (χ0) is 14.7. The molecule has 1 aromatic rings. The van der Waals surface area contributed by atoms with Crippen molar-refractivity contribution < 1.29 is 14.3 Å². The summed E-state index contributed by atoms with van der Waals surface area (Å²) < 4.78 is 10.8. The number of nitrogens with zero attached hydrogens (tertiary/aromatic N) is 1. The fourth-order valence-electron chi connectivity index (χ4n) is 2.85. The third-order valence-electron chi connectivity index (χ3n) is 4.01. The SMILES string of the molecule is CCCNC(CN1CCCC1=O)c1ccc2c(c1)OCO2. The third-order valence-corrected chi connectivity index (χ3v) is 4.01. The minimum absolute atomic E-state index is 0.140. The Hall–Kier alpha value is -1.75. The standard InChI is InChI=1S/C16H22N2O3/c1-2-7-17-13(10-18-8-3-4-16(18)19)12-5-6-14-15(9-12)21-11-20-14/h5-6,9,13,17H,2-4,7-8,10-11H2,1H3. The van der Waals surface area contributed by atoms with Gasteiger partial charge in [0.05, 0.1) is 6.04 Å². The Bertz CT molecular complexity index is 518. The molecule has 1 atom stereocenters. The van der Waals surface area contributed by atoms with Gasteiger partial charge in [0.15, 0.2) is 11.5 Å². The van der Waals surface area contributed by atoms with Crippen LogP contribution in [0, 0.1) is 0 Å². The maximum absolute atomic E-state index is 11.9. The Kier molecular flexibility index (Phi) is 4.29. The molecule has 0 bridgehead atoms. The third kappa shape index (κ3) is 3.13. The van der Waals surface area contributed by atoms with Crippen molar-refractivity contribution in [3.8, 4) is 11.5 Å². The van der Waals surface area contributed by atoms with Crippen molar-refractivity contribution in [3.05, 3.63) is 23.8 Å². The Labute approximate surface area is 125 Å². The Morgan fingerprint density at radius 3 is 2.95 bits per heavy atom. The van der Waals surface area contributed by atoms with Crippen LogP contribution in [-0.2, 0) is 4.79 Å². The molecule has 1 saturated heterocycles. The van der Waals surface area contributed by atoms with E-state index in [1.807, 2.05) is 17.0 Å². The summed E-state index contributed by atoms with van der Waals surface area (Å²) in [5.41, 5.74) is 1.15. The van der Waals surface area contributed by atoms with Crippen LogP contribution in [0.1, 0.15) is 37.8 Å². The molecule has 0 aliphatic carbocycles. The normalized spacial score (nSPS) is 18.3. The fraction of sp³-hybridized carbons (Fsp3) is 0.562. The van der Waals surface area contributed by atoms with Crippen LogP contribution >= 0.6 is 0 Å². The lowest BCUT2D eigenvalue weighted by Gasteiger charge is -2.25. The van der Waals surface area contributed by atoms with Crippen molar-refractivity contribution in [2.24, 2.45) is 0 Å². The quantitative estimate of drug-likeness (QED) is 0.871. The molecule has 1 unspecified atom stereocenters. The minimum atomic E-state index is 0.140. The lowest BCUT2D eigenvalue weighted by Crippen LogP contribution is -2.36. The number of carbonyl (C=O) groups is 1. The molecule has 0 radical (unpaired) electrons. The summed E-state index contributed by atoms with van der Waals surface area (Å²) in [7, 11) is 0. The van der Waals surface area contributed by atoms with Gasteiger partial charge in [-0.1, -0.05) is 13.0 Å². The molecule has 2 heterocycles. The van der Waals surface area contributed by atoms with Crippen molar-refractivity contribution in [2.75, 3.05) is 26.4 Å². The summed E-state index contributed by atoms with van der Waals surface area (Å²) in [6, 6.07) is 6.17. The molecule has 1 amide bonds. The first-order valence-corrected chi connectivity index (χ1v) is 7.68. The average molecular weight is 290 g/mol. The molecule has 1 N–H and O–H groups in total. The van der Waals surface area contributed by atoms with E-state index in [0.717, 1.165) is 49.5 Å². The monoisotopic (exact) mass is 290 g/mol. The number of hydrogen-bond donors (Lipinski definition) is 1. The summed E-state index contributed by atoms with van der Waals surface area (Å²) in [5.74, 6) is 1.85. The molecular weight excluding hydrogens is 268 g/mol. The van der Waals surface area contributed by atoms with Gasteiger partial charge in [-0.25, -0.2) is 0 Å². The van der Waals surface area contributed by atoms with Gasteiger partial charge in [0.2, 0.25) is 12.7 Å². The number of nitrogens with one attached hydrogen (secondary N) is 1. The molecule has 2 aliphatic heterocycles. The van der Waals surface area contributed by atoms with E-state index in [9.17, 15) is 4.79 Å². The maximum Gasteiger partial charge on any atom is 0.231 e. The van der Waals surface area contributed by atoms with Gasteiger partial charge in [-0.15, -0.1) is 0 Å². The van der Waals surface area contributed by atoms with Crippen molar-refractivity contribution in [3.63, 3.8) is 0 Å². The van der Waals surface area contributed by atoms with E-state index in [2.05, 4.69) is 18.3 Å². The number of ether oxygens (including phenoxy) is 2. The van der Waals surface area contributed by atoms with E-state index in [-0.39, 0.29) is 18.7 Å². The van der Waals surface area contributed by atoms with Crippen LogP contribution in [0.15, 0.2) is 18.2 Å². The number of amides is 1. The van der Waals surface area contributed by atoms with Crippen LogP contribution in [0.4, 0.5) is 0 Å². The smallest absolute Gasteiger partial charge is 0.231 e. The van der Waals surface area contributed by atoms with Crippen LogP contribution < -0.4 is 14.8 Å². The molecule has 0 aromatic heterocycles. The zero-order valence-electron chi connectivity index (χ0n) is 12.4. The number of hydrogen-bond acceptors (Lipinski definition) is 4. The van der Waals surface area contributed by atoms with Gasteiger partial charge < -0.3 is 19.7 Å². The fourth-order valence-corrected chi connectivity index (χ4v) is 2.85. The molecule has 5 heteroatoms. The van der Waals surface area contributed by atoms with Gasteiger partial charge in [0.25, 0.3) is 0 Å². The Balaban J connectivity index is 1.76. The van der Waals surface area contributed by atoms with Gasteiger partial charge in [-0.3, -0.25) is 4.79 Å². The first-order valence-electron chi connectivity index (χ1n) is 7.68. The van der Waals surface area contributed by atoms with E-state index in [1.54, 1.807) is 0 Å². The van der Waals surface area contributed by atoms with Crippen molar-refractivity contribution >= 4 is 5.91 Å². The van der Waals surface area contributed by atoms with Crippen LogP contribution in [0.25, 0.3) is 0 Å². The molecule has 21 heavy (non-hydrogen) atoms. The molecule has 1 fully saturated rings. The summed E-state index contributed by atoms with van der Waals surface area (Å²) in [6.07, 6.45) is 2.72. The number of rotatable bonds is 6. The van der Waals surface area contributed by atoms with Gasteiger partial charge in [-0.2, -0.15) is 0 Å². The van der Waals surface area contributed by atoms with E-state index in [0.29, 0.717) is 6.42 Å². The minimum Gasteiger partial charge on any atom is -0.454 e. The van der Waals surface area contributed by atoms with Crippen LogP contribution in [0.3, 0.4) is 0 Å². The lowest BCUT2D eigenvalue weighted by atomic mass is 10.1. The second-order valence-electron chi connectivity index (χ2n) is 5.56. The number of fused-ring (bicyclic) bond motifs is 1. The van der Waals surface area contributed by atoms with Crippen LogP contribution in [0.5, 0.6) is 11.5 Å². The highest BCUT2D eigenvalue weighted by atomic mass is 16.7. The highest BCUT2D eigenvalue weighted by Crippen LogP contribution is 2.34. The highest BCUT2D eigenvalue weighted by molar-refractivity contribution is 5.78. The van der Waals surface area contributed by atoms with Crippen LogP contribution in [0.2, 0.25) is 0 Å². The predicted octanol–water partition coefficient (Wildman–Crippen LogP) is 2.08. The van der Waals surface area contributed by atoms with Crippen LogP contribution in [-0.4, -0.2) is 37.2 Å². The molecule has 1 aromatic carbocycles. The summed E-state index contributed by atoms with van der Waals surface area (Å²) in [6.45, 7) is 4.95.